The molecule has 4 amide bonds. The molecule has 0 bridgehead atoms. The third kappa shape index (κ3) is 40.2. The maximum atomic E-state index is 12.2. The second-order valence-electron chi connectivity index (χ2n) is 27.6. The van der Waals surface area contributed by atoms with Gasteiger partial charge in [0.15, 0.2) is 34.7 Å². The van der Waals surface area contributed by atoms with E-state index in [2.05, 4.69) is 80.3 Å². The van der Waals surface area contributed by atoms with Crippen LogP contribution in [0, 0.1) is 0 Å². The maximum absolute atomic E-state index is 12.2. The second-order valence-corrected chi connectivity index (χ2v) is 75.7. The fraction of sp³-hybridized carbons (Fsp3) is 0.765. The molecule has 0 radical (unpaired) electrons. The van der Waals surface area contributed by atoms with E-state index >= 15 is 0 Å². The summed E-state index contributed by atoms with van der Waals surface area (Å²) in [6.45, 7) is 68.8. The van der Waals surface area contributed by atoms with E-state index in [1.54, 1.807) is 40.8 Å². The van der Waals surface area contributed by atoms with Crippen LogP contribution in [0.5, 0.6) is 0 Å². The average Bonchev–Trinajstić information content (AvgIpc) is 1.16. The smallest absolute Gasteiger partial charge is 0.439 e. The molecule has 0 aromatic carbocycles. The van der Waals surface area contributed by atoms with Crippen molar-refractivity contribution < 1.29 is 77.5 Å². The number of hydrogen-bond donors (Lipinski definition) is 5. The van der Waals surface area contributed by atoms with Crippen LogP contribution in [0.4, 0.5) is 0 Å². The lowest BCUT2D eigenvalue weighted by molar-refractivity contribution is -0.118. The van der Waals surface area contributed by atoms with Crippen LogP contribution >= 0.6 is 0 Å². The zero-order chi connectivity index (χ0) is 68.3. The lowest BCUT2D eigenvalue weighted by Crippen LogP contribution is -2.69. The SMILES string of the molecule is C=C(C)C(=O)NCCC[SiH](C)O[Si](C)(C)O[Si](C)(C)O[Si](C)(O[Si](C)(C)O[Si](C)(C)O[Si](C)(C)CCCNC(=O)C(=C)C)O[Si](C)(O[Si](C)(C)O[Si](C)(C)O[Si](C)(C)CCCNC(=O)C(=C)C)O[Si](C)(C)O[Si](C)(O)O[SiH](C)CCCNC(=O)C(=C)C. The van der Waals surface area contributed by atoms with Crippen LogP contribution in [-0.2, 0) is 72.7 Å². The molecule has 0 aliphatic rings. The molecule has 0 rings (SSSR count). The van der Waals surface area contributed by atoms with Crippen molar-refractivity contribution in [1.29, 1.82) is 0 Å². The van der Waals surface area contributed by atoms with Gasteiger partial charge in [-0.1, -0.05) is 26.3 Å². The van der Waals surface area contributed by atoms with Crippen molar-refractivity contribution in [3.8, 4) is 0 Å². The molecule has 22 nitrogen and oxygen atoms in total. The largest absolute Gasteiger partial charge is 0.475 e. The summed E-state index contributed by atoms with van der Waals surface area (Å²) in [4.78, 5) is 60.8. The Kier molecular flexibility index (Phi) is 35.4. The van der Waals surface area contributed by atoms with Gasteiger partial charge in [0.2, 0.25) is 23.6 Å². The van der Waals surface area contributed by atoms with Gasteiger partial charge in [-0.3, -0.25) is 19.2 Å². The molecule has 36 heteroatoms. The van der Waals surface area contributed by atoms with Crippen LogP contribution in [0.15, 0.2) is 48.6 Å². The summed E-state index contributed by atoms with van der Waals surface area (Å²) in [5.74, 6) is -0.729. The summed E-state index contributed by atoms with van der Waals surface area (Å²) >= 11 is 0. The summed E-state index contributed by atoms with van der Waals surface area (Å²) in [5, 5.41) is 11.6. The van der Waals surface area contributed by atoms with E-state index in [4.69, 9.17) is 53.5 Å². The number of carbonyl (C=O) groups excluding carboxylic acids is 4. The highest BCUT2D eigenvalue weighted by molar-refractivity contribution is 6.95. The monoisotopic (exact) mass is 1470 g/mol. The summed E-state index contributed by atoms with van der Waals surface area (Å²) in [5.41, 5.74) is 1.80. The van der Waals surface area contributed by atoms with Gasteiger partial charge in [0.25, 0.3) is 0 Å². The Morgan fingerprint density at radius 2 is 0.586 bits per heavy atom. The van der Waals surface area contributed by atoms with Crippen LogP contribution in [0.1, 0.15) is 53.4 Å². The first-order chi connectivity index (χ1) is 38.9. The summed E-state index contributed by atoms with van der Waals surface area (Å²) in [7, 11) is -43.4. The predicted molar refractivity (Wildman–Crippen MR) is 384 cm³/mol. The van der Waals surface area contributed by atoms with Gasteiger partial charge >= 0.3 is 86.3 Å². The number of hydrogen-bond acceptors (Lipinski definition) is 18. The van der Waals surface area contributed by atoms with Crippen LogP contribution in [0.2, 0.25) is 175 Å². The van der Waals surface area contributed by atoms with Gasteiger partial charge < -0.3 is 79.6 Å². The molecule has 0 spiro atoms. The van der Waals surface area contributed by atoms with Gasteiger partial charge in [0.05, 0.1) is 0 Å². The third-order valence-electron chi connectivity index (χ3n) is 12.1. The fourth-order valence-corrected chi connectivity index (χ4v) is 75.7. The number of rotatable bonds is 46. The van der Waals surface area contributed by atoms with E-state index in [0.717, 1.165) is 37.4 Å². The molecule has 0 aromatic rings. The Bertz CT molecular complexity index is 2160. The molecule has 508 valence electrons. The van der Waals surface area contributed by atoms with E-state index in [1.165, 1.54) is 0 Å². The van der Waals surface area contributed by atoms with Crippen LogP contribution in [0.25, 0.3) is 0 Å². The zero-order valence-corrected chi connectivity index (χ0v) is 73.2. The molecule has 0 saturated heterocycles. The first kappa shape index (κ1) is 86.3. The van der Waals surface area contributed by atoms with Crippen molar-refractivity contribution in [2.75, 3.05) is 26.2 Å². The molecule has 5 unspecified atom stereocenters. The molecule has 0 fully saturated rings. The highest BCUT2D eigenvalue weighted by Crippen LogP contribution is 2.36. The Balaban J connectivity index is 7.70. The Morgan fingerprint density at radius 3 is 0.874 bits per heavy atom. The number of amides is 4. The van der Waals surface area contributed by atoms with Crippen molar-refractivity contribution in [3.63, 3.8) is 0 Å². The van der Waals surface area contributed by atoms with E-state index in [9.17, 15) is 24.0 Å². The van der Waals surface area contributed by atoms with Crippen molar-refractivity contribution >= 4 is 145 Å². The zero-order valence-electron chi connectivity index (χ0n) is 58.9. The molecule has 0 aliphatic carbocycles. The van der Waals surface area contributed by atoms with Crippen LogP contribution in [-0.4, -0.2) is 176 Å². The van der Waals surface area contributed by atoms with E-state index in [0.29, 0.717) is 60.9 Å². The van der Waals surface area contributed by atoms with Gasteiger partial charge in [0.1, 0.15) is 0 Å². The number of nitrogens with one attached hydrogen (secondary N) is 4. The minimum absolute atomic E-state index is 0.170. The Labute approximate surface area is 542 Å². The molecule has 87 heavy (non-hydrogen) atoms. The predicted octanol–water partition coefficient (Wildman–Crippen LogP) is 10.3. The summed E-state index contributed by atoms with van der Waals surface area (Å²) < 4.78 is 91.9. The molecule has 0 aliphatic heterocycles. The fourth-order valence-electron chi connectivity index (χ4n) is 10.3. The minimum atomic E-state index is -4.22. The highest BCUT2D eigenvalue weighted by atomic mass is 28.6. The normalized spacial score (nSPS) is 16.1. The van der Waals surface area contributed by atoms with Crippen molar-refractivity contribution in [2.45, 2.75) is 228 Å². The van der Waals surface area contributed by atoms with Crippen molar-refractivity contribution in [3.05, 3.63) is 48.6 Å². The molecular weight excluding hydrogens is 1350 g/mol. The summed E-state index contributed by atoms with van der Waals surface area (Å²) in [6.07, 6.45) is 2.85. The van der Waals surface area contributed by atoms with Gasteiger partial charge in [-0.25, -0.2) is 0 Å². The highest BCUT2D eigenvalue weighted by Gasteiger charge is 2.60. The first-order valence-corrected chi connectivity index (χ1v) is 68.0. The van der Waals surface area contributed by atoms with E-state index < -0.39 is 121 Å². The average molecular weight is 1470 g/mol. The van der Waals surface area contributed by atoms with Gasteiger partial charge in [0, 0.05) is 68.1 Å². The second kappa shape index (κ2) is 35.7. The number of carbonyl (C=O) groups is 4. The molecule has 5 atom stereocenters. The standard InChI is InChI=1S/C51H120N4O18Si14/c1-44(2)48(56)52-36-32-40-74(9)61-78(15,16)65-81(21,22)69-86(30,70-82(23,24)66-79(17,18)63-76(11,12)42-34-38-54-50(58)46(5)6)73-87(31,72-84(27,28)68-85(29,60)62-75(10)41-33-37-53-49(57)45(3)4)71-83(25,26)67-80(19,20)64-77(13,14)43-35-39-55-51(59)47(7)8/h60,74-75H,1,3,5,7,32-43H2,2,4,6,8-31H3,(H,52,56)(H,53,57)(H,54,58)(H,55,59). The van der Waals surface area contributed by atoms with Crippen molar-refractivity contribution in [2.24, 2.45) is 0 Å². The van der Waals surface area contributed by atoms with Gasteiger partial charge in [-0.15, -0.1) is 0 Å². The maximum Gasteiger partial charge on any atom is 0.475 e. The third-order valence-corrected chi connectivity index (χ3v) is 65.3. The van der Waals surface area contributed by atoms with Gasteiger partial charge in [-0.2, -0.15) is 0 Å². The van der Waals surface area contributed by atoms with Crippen molar-refractivity contribution in [1.82, 2.24) is 21.3 Å². The van der Waals surface area contributed by atoms with Crippen LogP contribution < -0.4 is 21.3 Å². The van der Waals surface area contributed by atoms with Gasteiger partial charge in [-0.05, 0) is 208 Å². The summed E-state index contributed by atoms with van der Waals surface area (Å²) in [6, 6.07) is 3.01. The van der Waals surface area contributed by atoms with E-state index in [1.807, 2.05) is 105 Å². The molecule has 5 N–H and O–H groups in total. The Hall–Kier alpha value is -0.684. The topological polar surface area (TPSA) is 257 Å². The molecular formula is C51H120N4O18Si14. The Morgan fingerprint density at radius 1 is 0.345 bits per heavy atom. The lowest BCUT2D eigenvalue weighted by atomic mass is 10.3. The van der Waals surface area contributed by atoms with E-state index in [-0.39, 0.29) is 23.6 Å². The molecule has 0 aromatic heterocycles. The van der Waals surface area contributed by atoms with Crippen LogP contribution in [0.3, 0.4) is 0 Å². The quantitative estimate of drug-likeness (QED) is 0.0216. The molecule has 0 saturated carbocycles. The lowest BCUT2D eigenvalue weighted by Gasteiger charge is -2.48. The molecule has 0 heterocycles. The minimum Gasteiger partial charge on any atom is -0.439 e. The first-order valence-electron chi connectivity index (χ1n) is 30.4.